The second-order valence-corrected chi connectivity index (χ2v) is 4.61. The number of nitriles is 1. The molecule has 0 fully saturated rings. The molecule has 1 unspecified atom stereocenters. The Hall–Kier alpha value is -2.71. The summed E-state index contributed by atoms with van der Waals surface area (Å²) in [6.07, 6.45) is 0. The van der Waals surface area contributed by atoms with Gasteiger partial charge in [0.2, 0.25) is 0 Å². The Bertz CT molecular complexity index is 650. The van der Waals surface area contributed by atoms with Crippen LogP contribution < -0.4 is 5.32 Å². The molecule has 106 valence electrons. The lowest BCUT2D eigenvalue weighted by Crippen LogP contribution is -2.21. The van der Waals surface area contributed by atoms with E-state index < -0.39 is 4.92 Å². The largest absolute Gasteiger partial charge is 0.311 e. The Morgan fingerprint density at radius 2 is 1.81 bits per heavy atom. The standard InChI is InChI=1S/C16H15N3O2/c17-10-15(13-6-2-1-3-7-13)12-18-11-14-8-4-5-9-16(14)19(20)21/h1-9,15,18H,11-12H2. The first-order valence-electron chi connectivity index (χ1n) is 6.60. The third-order valence-electron chi connectivity index (χ3n) is 3.21. The summed E-state index contributed by atoms with van der Waals surface area (Å²) in [5, 5.41) is 23.3. The van der Waals surface area contributed by atoms with E-state index in [1.165, 1.54) is 6.07 Å². The minimum atomic E-state index is -0.393. The summed E-state index contributed by atoms with van der Waals surface area (Å²) in [6.45, 7) is 0.814. The maximum absolute atomic E-state index is 10.9. The van der Waals surface area contributed by atoms with Crippen molar-refractivity contribution < 1.29 is 4.92 Å². The summed E-state index contributed by atoms with van der Waals surface area (Å²) in [6, 6.07) is 18.3. The minimum Gasteiger partial charge on any atom is -0.311 e. The van der Waals surface area contributed by atoms with Crippen molar-refractivity contribution >= 4 is 5.69 Å². The van der Waals surface area contributed by atoms with Crippen LogP contribution in [0.3, 0.4) is 0 Å². The van der Waals surface area contributed by atoms with Crippen molar-refractivity contribution in [2.75, 3.05) is 6.54 Å². The Kier molecular flexibility index (Phi) is 5.02. The van der Waals surface area contributed by atoms with Crippen LogP contribution in [0.25, 0.3) is 0 Å². The fourth-order valence-corrected chi connectivity index (χ4v) is 2.11. The molecule has 0 radical (unpaired) electrons. The van der Waals surface area contributed by atoms with Crippen LogP contribution in [0.1, 0.15) is 17.0 Å². The van der Waals surface area contributed by atoms with Gasteiger partial charge in [-0.1, -0.05) is 48.5 Å². The van der Waals surface area contributed by atoms with Crippen molar-refractivity contribution in [3.05, 3.63) is 75.8 Å². The van der Waals surface area contributed by atoms with Gasteiger partial charge in [0.1, 0.15) is 0 Å². The summed E-state index contributed by atoms with van der Waals surface area (Å²) in [4.78, 5) is 10.5. The highest BCUT2D eigenvalue weighted by molar-refractivity contribution is 5.39. The number of hydrogen-bond acceptors (Lipinski definition) is 4. The number of nitrogens with one attached hydrogen (secondary N) is 1. The van der Waals surface area contributed by atoms with Crippen LogP contribution in [0, 0.1) is 21.4 Å². The van der Waals surface area contributed by atoms with Crippen LogP contribution in [0.4, 0.5) is 5.69 Å². The molecule has 0 aliphatic carbocycles. The highest BCUT2D eigenvalue weighted by Crippen LogP contribution is 2.18. The van der Waals surface area contributed by atoms with Gasteiger partial charge >= 0.3 is 0 Å². The first kappa shape index (κ1) is 14.7. The molecular formula is C16H15N3O2. The topological polar surface area (TPSA) is 79.0 Å². The highest BCUT2D eigenvalue weighted by Gasteiger charge is 2.13. The Morgan fingerprint density at radius 1 is 1.14 bits per heavy atom. The molecule has 1 N–H and O–H groups in total. The lowest BCUT2D eigenvalue weighted by atomic mass is 10.0. The van der Waals surface area contributed by atoms with Crippen molar-refractivity contribution in [1.29, 1.82) is 5.26 Å². The molecule has 0 aromatic heterocycles. The molecule has 0 spiro atoms. The molecular weight excluding hydrogens is 266 g/mol. The molecule has 21 heavy (non-hydrogen) atoms. The van der Waals surface area contributed by atoms with E-state index in [2.05, 4.69) is 11.4 Å². The van der Waals surface area contributed by atoms with Crippen molar-refractivity contribution in [2.24, 2.45) is 0 Å². The van der Waals surface area contributed by atoms with E-state index in [-0.39, 0.29) is 11.6 Å². The zero-order valence-corrected chi connectivity index (χ0v) is 11.4. The molecule has 0 amide bonds. The summed E-state index contributed by atoms with van der Waals surface area (Å²) in [7, 11) is 0. The molecule has 2 aromatic rings. The Balaban J connectivity index is 1.98. The third kappa shape index (κ3) is 3.88. The van der Waals surface area contributed by atoms with E-state index in [0.717, 1.165) is 5.56 Å². The summed E-state index contributed by atoms with van der Waals surface area (Å²) in [5.74, 6) is -0.269. The van der Waals surface area contributed by atoms with Gasteiger partial charge in [-0.3, -0.25) is 10.1 Å². The predicted molar refractivity (Wildman–Crippen MR) is 79.6 cm³/mol. The maximum atomic E-state index is 10.9. The SMILES string of the molecule is N#CC(CNCc1ccccc1[N+](=O)[O-])c1ccccc1. The van der Waals surface area contributed by atoms with Gasteiger partial charge in [-0.2, -0.15) is 5.26 Å². The van der Waals surface area contributed by atoms with Crippen LogP contribution >= 0.6 is 0 Å². The summed E-state index contributed by atoms with van der Waals surface area (Å²) in [5.41, 5.74) is 1.65. The lowest BCUT2D eigenvalue weighted by molar-refractivity contribution is -0.385. The van der Waals surface area contributed by atoms with Crippen molar-refractivity contribution in [3.63, 3.8) is 0 Å². The molecule has 2 rings (SSSR count). The van der Waals surface area contributed by atoms with Gasteiger partial charge < -0.3 is 5.32 Å². The van der Waals surface area contributed by atoms with Crippen LogP contribution in [-0.2, 0) is 6.54 Å². The smallest absolute Gasteiger partial charge is 0.273 e. The van der Waals surface area contributed by atoms with Crippen LogP contribution in [-0.4, -0.2) is 11.5 Å². The number of nitro groups is 1. The predicted octanol–water partition coefficient (Wildman–Crippen LogP) is 2.99. The number of rotatable bonds is 6. The summed E-state index contributed by atoms with van der Waals surface area (Å²) < 4.78 is 0. The monoisotopic (exact) mass is 281 g/mol. The quantitative estimate of drug-likeness (QED) is 0.652. The third-order valence-corrected chi connectivity index (χ3v) is 3.21. The zero-order valence-electron chi connectivity index (χ0n) is 11.4. The molecule has 0 saturated carbocycles. The molecule has 5 heteroatoms. The fourth-order valence-electron chi connectivity index (χ4n) is 2.11. The van der Waals surface area contributed by atoms with E-state index in [9.17, 15) is 15.4 Å². The molecule has 0 saturated heterocycles. The fraction of sp³-hybridized carbons (Fsp3) is 0.188. The number of nitro benzene ring substituents is 1. The van der Waals surface area contributed by atoms with Gasteiger partial charge in [-0.25, -0.2) is 0 Å². The van der Waals surface area contributed by atoms with Crippen molar-refractivity contribution in [3.8, 4) is 6.07 Å². The first-order chi connectivity index (χ1) is 10.2. The molecule has 0 bridgehead atoms. The van der Waals surface area contributed by atoms with Gasteiger partial charge in [-0.15, -0.1) is 0 Å². The lowest BCUT2D eigenvalue weighted by Gasteiger charge is -2.11. The van der Waals surface area contributed by atoms with Gasteiger partial charge in [-0.05, 0) is 5.56 Å². The average molecular weight is 281 g/mol. The highest BCUT2D eigenvalue weighted by atomic mass is 16.6. The summed E-state index contributed by atoms with van der Waals surface area (Å²) >= 11 is 0. The molecule has 0 aliphatic rings. The maximum Gasteiger partial charge on any atom is 0.273 e. The van der Waals surface area contributed by atoms with Gasteiger partial charge in [0.05, 0.1) is 16.9 Å². The Labute approximate surface area is 123 Å². The molecule has 5 nitrogen and oxygen atoms in total. The number of hydrogen-bond donors (Lipinski definition) is 1. The van der Waals surface area contributed by atoms with E-state index in [1.54, 1.807) is 18.2 Å². The van der Waals surface area contributed by atoms with E-state index in [4.69, 9.17) is 0 Å². The second-order valence-electron chi connectivity index (χ2n) is 4.61. The van der Waals surface area contributed by atoms with Crippen molar-refractivity contribution in [1.82, 2.24) is 5.32 Å². The average Bonchev–Trinajstić information content (AvgIpc) is 2.52. The van der Waals surface area contributed by atoms with Crippen molar-refractivity contribution in [2.45, 2.75) is 12.5 Å². The first-order valence-corrected chi connectivity index (χ1v) is 6.60. The normalized spacial score (nSPS) is 11.6. The number of benzene rings is 2. The van der Waals surface area contributed by atoms with E-state index in [0.29, 0.717) is 18.7 Å². The molecule has 0 aliphatic heterocycles. The van der Waals surface area contributed by atoms with Gasteiger partial charge in [0, 0.05) is 24.7 Å². The second kappa shape index (κ2) is 7.17. The van der Waals surface area contributed by atoms with E-state index in [1.807, 2.05) is 30.3 Å². The zero-order chi connectivity index (χ0) is 15.1. The van der Waals surface area contributed by atoms with Gasteiger partial charge in [0.25, 0.3) is 5.69 Å². The van der Waals surface area contributed by atoms with Crippen LogP contribution in [0.2, 0.25) is 0 Å². The molecule has 1 atom stereocenters. The molecule has 2 aromatic carbocycles. The van der Waals surface area contributed by atoms with E-state index >= 15 is 0 Å². The van der Waals surface area contributed by atoms with Gasteiger partial charge in [0.15, 0.2) is 0 Å². The van der Waals surface area contributed by atoms with Crippen LogP contribution in [0.15, 0.2) is 54.6 Å². The minimum absolute atomic E-state index is 0.0956. The number of nitrogens with zero attached hydrogens (tertiary/aromatic N) is 2. The Morgan fingerprint density at radius 3 is 2.48 bits per heavy atom. The number of para-hydroxylation sites is 1. The molecule has 0 heterocycles. The van der Waals surface area contributed by atoms with Crippen LogP contribution in [0.5, 0.6) is 0 Å².